The molecule has 0 bridgehead atoms. The fourth-order valence-corrected chi connectivity index (χ4v) is 6.63. The largest absolute Gasteiger partial charge is 0.496 e. The third-order valence-corrected chi connectivity index (χ3v) is 8.82. The van der Waals surface area contributed by atoms with Gasteiger partial charge in [-0.1, -0.05) is 11.6 Å². The number of ether oxygens (including phenoxy) is 5. The van der Waals surface area contributed by atoms with Gasteiger partial charge in [0, 0.05) is 72.5 Å². The zero-order chi connectivity index (χ0) is 34.9. The van der Waals surface area contributed by atoms with Crippen LogP contribution >= 0.6 is 11.6 Å². The average molecular weight is 691 g/mol. The van der Waals surface area contributed by atoms with Gasteiger partial charge in [0.25, 0.3) is 5.91 Å². The molecule has 6 rings (SSSR count). The number of hydrogen-bond donors (Lipinski definition) is 1. The monoisotopic (exact) mass is 690 g/mol. The molecule has 5 heterocycles. The number of fused-ring (bicyclic) bond motifs is 2. The Hall–Kier alpha value is -5.04. The first-order valence-electron chi connectivity index (χ1n) is 15.8. The number of hydrogen-bond acceptors (Lipinski definition) is 10. The smallest absolute Gasteiger partial charge is 0.410 e. The number of aromatic amines is 1. The molecule has 4 aromatic rings. The van der Waals surface area contributed by atoms with Crippen LogP contribution in [0.5, 0.6) is 29.0 Å². The third-order valence-electron chi connectivity index (χ3n) is 8.62. The van der Waals surface area contributed by atoms with Crippen LogP contribution in [0.4, 0.5) is 4.79 Å². The molecule has 0 aliphatic carbocycles. The van der Waals surface area contributed by atoms with Gasteiger partial charge in [-0.15, -0.1) is 0 Å². The first kappa shape index (κ1) is 33.8. The first-order valence-corrected chi connectivity index (χ1v) is 16.2. The van der Waals surface area contributed by atoms with E-state index in [0.717, 1.165) is 24.1 Å². The summed E-state index contributed by atoms with van der Waals surface area (Å²) >= 11 is 6.01. The van der Waals surface area contributed by atoms with Gasteiger partial charge >= 0.3 is 6.09 Å². The normalized spacial score (nSPS) is 17.5. The molecule has 1 N–H and O–H groups in total. The van der Waals surface area contributed by atoms with Crippen LogP contribution in [0.1, 0.15) is 55.2 Å². The summed E-state index contributed by atoms with van der Waals surface area (Å²) in [6, 6.07) is 10.5. The molecule has 0 radical (unpaired) electrons. The number of carbonyl (C=O) groups is 2. The number of carbonyl (C=O) groups excluding carboxylic acids is 2. The van der Waals surface area contributed by atoms with E-state index in [1.807, 2.05) is 32.9 Å². The van der Waals surface area contributed by atoms with E-state index in [9.17, 15) is 9.59 Å². The van der Waals surface area contributed by atoms with Crippen molar-refractivity contribution in [3.63, 3.8) is 0 Å². The third kappa shape index (κ3) is 7.07. The minimum absolute atomic E-state index is 0.168. The van der Waals surface area contributed by atoms with Crippen molar-refractivity contribution in [3.05, 3.63) is 70.9 Å². The van der Waals surface area contributed by atoms with Crippen molar-refractivity contribution < 1.29 is 33.3 Å². The quantitative estimate of drug-likeness (QED) is 0.211. The number of nitrogens with one attached hydrogen (secondary N) is 1. The van der Waals surface area contributed by atoms with E-state index in [1.54, 1.807) is 55.5 Å². The Morgan fingerprint density at radius 2 is 1.71 bits per heavy atom. The molecule has 14 heteroatoms. The van der Waals surface area contributed by atoms with Gasteiger partial charge in [-0.25, -0.2) is 19.7 Å². The molecule has 3 aromatic heterocycles. The molecule has 1 saturated heterocycles. The number of likely N-dealkylation sites (tertiary alicyclic amines) is 1. The van der Waals surface area contributed by atoms with Crippen LogP contribution in [0.15, 0.2) is 48.9 Å². The van der Waals surface area contributed by atoms with E-state index in [1.165, 1.54) is 12.4 Å². The number of benzene rings is 1. The van der Waals surface area contributed by atoms with Crippen LogP contribution in [0.25, 0.3) is 11.3 Å². The zero-order valence-electron chi connectivity index (χ0n) is 28.3. The van der Waals surface area contributed by atoms with Gasteiger partial charge in [0.1, 0.15) is 34.3 Å². The molecule has 13 nitrogen and oxygen atoms in total. The summed E-state index contributed by atoms with van der Waals surface area (Å²) < 4.78 is 28.5. The number of aromatic nitrogens is 4. The Balaban J connectivity index is 1.40. The molecule has 1 aromatic carbocycles. The molecule has 258 valence electrons. The van der Waals surface area contributed by atoms with Crippen molar-refractivity contribution in [2.45, 2.75) is 51.2 Å². The molecule has 1 atom stereocenters. The van der Waals surface area contributed by atoms with Crippen LogP contribution in [0, 0.1) is 0 Å². The van der Waals surface area contributed by atoms with Crippen molar-refractivity contribution in [1.82, 2.24) is 29.7 Å². The Morgan fingerprint density at radius 3 is 2.39 bits per heavy atom. The van der Waals surface area contributed by atoms with Gasteiger partial charge in [-0.3, -0.25) is 4.79 Å². The van der Waals surface area contributed by atoms with Crippen LogP contribution in [-0.4, -0.2) is 88.3 Å². The number of rotatable bonds is 8. The highest BCUT2D eigenvalue weighted by atomic mass is 35.5. The molecular weight excluding hydrogens is 652 g/mol. The maximum Gasteiger partial charge on any atom is 0.410 e. The van der Waals surface area contributed by atoms with Crippen LogP contribution < -0.4 is 18.9 Å². The van der Waals surface area contributed by atoms with E-state index in [-0.39, 0.29) is 35.5 Å². The average Bonchev–Trinajstić information content (AvgIpc) is 3.54. The van der Waals surface area contributed by atoms with Crippen molar-refractivity contribution in [1.29, 1.82) is 0 Å². The lowest BCUT2D eigenvalue weighted by atomic mass is 9.73. The van der Waals surface area contributed by atoms with Crippen molar-refractivity contribution in [2.75, 3.05) is 41.0 Å². The summed E-state index contributed by atoms with van der Waals surface area (Å²) in [5.41, 5.74) is 2.16. The van der Waals surface area contributed by atoms with Crippen LogP contribution in [0.2, 0.25) is 5.15 Å². The highest BCUT2D eigenvalue weighted by Crippen LogP contribution is 2.44. The fraction of sp³-hybridized carbons (Fsp3) is 0.400. The molecule has 0 saturated carbocycles. The SMILES string of the molecule is COc1cc(OC)c(CN2CC3(CCCN(C(=O)OC(C)(C)C)C3)c3[nH]c(-c4ccnc(Oc5cc(Cl)ncn5)c4)cc3C2=O)c(OC)c1. The lowest BCUT2D eigenvalue weighted by Crippen LogP contribution is -2.58. The second-order valence-electron chi connectivity index (χ2n) is 13.1. The molecule has 1 unspecified atom stereocenters. The summed E-state index contributed by atoms with van der Waals surface area (Å²) in [6.07, 6.45) is 3.99. The van der Waals surface area contributed by atoms with E-state index in [4.69, 9.17) is 35.3 Å². The predicted molar refractivity (Wildman–Crippen MR) is 181 cm³/mol. The minimum atomic E-state index is -0.652. The molecule has 2 aliphatic heterocycles. The lowest BCUT2D eigenvalue weighted by molar-refractivity contribution is 0.00818. The zero-order valence-corrected chi connectivity index (χ0v) is 29.1. The van der Waals surface area contributed by atoms with Crippen molar-refractivity contribution in [3.8, 4) is 40.3 Å². The van der Waals surface area contributed by atoms with Gasteiger partial charge in [-0.05, 0) is 45.7 Å². The second kappa shape index (κ2) is 13.5. The summed E-state index contributed by atoms with van der Waals surface area (Å²) in [7, 11) is 4.71. The molecular formula is C35H39ClN6O7. The van der Waals surface area contributed by atoms with Crippen molar-refractivity contribution >= 4 is 23.6 Å². The predicted octanol–water partition coefficient (Wildman–Crippen LogP) is 6.26. The van der Waals surface area contributed by atoms with Gasteiger partial charge in [-0.2, -0.15) is 0 Å². The summed E-state index contributed by atoms with van der Waals surface area (Å²) in [5.74, 6) is 2.00. The Morgan fingerprint density at radius 1 is 0.980 bits per heavy atom. The van der Waals surface area contributed by atoms with Gasteiger partial charge in [0.15, 0.2) is 0 Å². The van der Waals surface area contributed by atoms with Crippen LogP contribution in [0.3, 0.4) is 0 Å². The minimum Gasteiger partial charge on any atom is -0.496 e. The number of pyridine rings is 1. The maximum atomic E-state index is 14.4. The first-order chi connectivity index (χ1) is 23.4. The van der Waals surface area contributed by atoms with E-state index < -0.39 is 11.0 Å². The molecule has 49 heavy (non-hydrogen) atoms. The van der Waals surface area contributed by atoms with E-state index >= 15 is 0 Å². The van der Waals surface area contributed by atoms with Gasteiger partial charge < -0.3 is 38.5 Å². The number of methoxy groups -OCH3 is 3. The summed E-state index contributed by atoms with van der Waals surface area (Å²) in [6.45, 7) is 7.00. The molecule has 1 fully saturated rings. The number of halogens is 1. The molecule has 2 amide bonds. The fourth-order valence-electron chi connectivity index (χ4n) is 6.50. The van der Waals surface area contributed by atoms with Crippen molar-refractivity contribution in [2.24, 2.45) is 0 Å². The van der Waals surface area contributed by atoms with Gasteiger partial charge in [0.2, 0.25) is 11.8 Å². The van der Waals surface area contributed by atoms with E-state index in [2.05, 4.69) is 19.9 Å². The van der Waals surface area contributed by atoms with Crippen LogP contribution in [-0.2, 0) is 16.7 Å². The molecule has 1 spiro atoms. The highest BCUT2D eigenvalue weighted by Gasteiger charge is 2.48. The molecule has 2 aliphatic rings. The number of amides is 2. The highest BCUT2D eigenvalue weighted by molar-refractivity contribution is 6.29. The number of piperidine rings is 1. The Labute approximate surface area is 289 Å². The standard InChI is InChI=1S/C35H39ClN6O7/c1-34(2,3)49-33(44)41-11-7-9-35(18-41)19-42(17-24-26(46-5)13-22(45-4)14-27(24)47-6)32(43)23-15-25(40-31(23)35)21-8-10-37-29(12-21)48-30-16-28(36)38-20-39-30/h8,10,12-16,20,40H,7,9,11,17-19H2,1-6H3. The van der Waals surface area contributed by atoms with Gasteiger partial charge in [0.05, 0.1) is 39.0 Å². The Bertz CT molecular complexity index is 1850. The lowest BCUT2D eigenvalue weighted by Gasteiger charge is -2.47. The number of nitrogens with zero attached hydrogens (tertiary/aromatic N) is 5. The maximum absolute atomic E-state index is 14.4. The topological polar surface area (TPSA) is 141 Å². The summed E-state index contributed by atoms with van der Waals surface area (Å²) in [5, 5.41) is 0.240. The summed E-state index contributed by atoms with van der Waals surface area (Å²) in [4.78, 5) is 47.2. The number of H-pyrrole nitrogens is 1. The Kier molecular flexibility index (Phi) is 9.30. The second-order valence-corrected chi connectivity index (χ2v) is 13.5. The van der Waals surface area contributed by atoms with E-state index in [0.29, 0.717) is 53.7 Å².